The van der Waals surface area contributed by atoms with Gasteiger partial charge in [0.2, 0.25) is 0 Å². The summed E-state index contributed by atoms with van der Waals surface area (Å²) in [5.74, 6) is 1.13. The van der Waals surface area contributed by atoms with Gasteiger partial charge in [0.25, 0.3) is 0 Å². The summed E-state index contributed by atoms with van der Waals surface area (Å²) in [5.41, 5.74) is 13.3. The SMILES string of the molecule is Cc1cccc(Nc2ccc3c(c2)C=C[C@](N)(C2CCc4ccccc42)N3)n1. The third-order valence-electron chi connectivity index (χ3n) is 5.81. The Kier molecular flexibility index (Phi) is 3.95. The van der Waals surface area contributed by atoms with Crippen LogP contribution in [0.3, 0.4) is 0 Å². The minimum atomic E-state index is -0.563. The second kappa shape index (κ2) is 6.50. The summed E-state index contributed by atoms with van der Waals surface area (Å²) in [7, 11) is 0. The molecule has 0 bridgehead atoms. The molecule has 4 heteroatoms. The Balaban J connectivity index is 1.41. The first-order valence-electron chi connectivity index (χ1n) is 9.80. The Morgan fingerprint density at radius 1 is 1.11 bits per heavy atom. The number of benzene rings is 2. The fourth-order valence-corrected chi connectivity index (χ4v) is 4.41. The monoisotopic (exact) mass is 368 g/mol. The lowest BCUT2D eigenvalue weighted by Crippen LogP contribution is -2.51. The Morgan fingerprint density at radius 2 is 2.00 bits per heavy atom. The van der Waals surface area contributed by atoms with Crippen LogP contribution in [0.1, 0.15) is 34.7 Å². The van der Waals surface area contributed by atoms with Gasteiger partial charge in [-0.3, -0.25) is 0 Å². The molecule has 28 heavy (non-hydrogen) atoms. The van der Waals surface area contributed by atoms with Crippen LogP contribution in [0.5, 0.6) is 0 Å². The summed E-state index contributed by atoms with van der Waals surface area (Å²) < 4.78 is 0. The molecule has 1 aliphatic carbocycles. The van der Waals surface area contributed by atoms with E-state index in [1.165, 1.54) is 11.1 Å². The number of nitrogens with one attached hydrogen (secondary N) is 2. The first-order valence-corrected chi connectivity index (χ1v) is 9.80. The number of anilines is 3. The molecule has 2 heterocycles. The molecular formula is C24H24N4. The van der Waals surface area contributed by atoms with Crippen LogP contribution in [-0.4, -0.2) is 10.6 Å². The number of nitrogens with two attached hydrogens (primary N) is 1. The molecule has 2 aliphatic rings. The van der Waals surface area contributed by atoms with Gasteiger partial charge in [-0.25, -0.2) is 4.98 Å². The molecule has 4 nitrogen and oxygen atoms in total. The maximum absolute atomic E-state index is 6.85. The van der Waals surface area contributed by atoms with Gasteiger partial charge in [0.05, 0.1) is 0 Å². The molecule has 0 saturated heterocycles. The minimum absolute atomic E-state index is 0.280. The fourth-order valence-electron chi connectivity index (χ4n) is 4.41. The van der Waals surface area contributed by atoms with Crippen molar-refractivity contribution in [1.82, 2.24) is 4.98 Å². The van der Waals surface area contributed by atoms with Crippen molar-refractivity contribution in [2.75, 3.05) is 10.6 Å². The van der Waals surface area contributed by atoms with Crippen molar-refractivity contribution in [3.8, 4) is 0 Å². The number of nitrogens with zero attached hydrogens (tertiary/aromatic N) is 1. The molecule has 4 N–H and O–H groups in total. The highest BCUT2D eigenvalue weighted by atomic mass is 15.1. The normalized spacial score (nSPS) is 22.3. The minimum Gasteiger partial charge on any atom is -0.363 e. The molecule has 0 spiro atoms. The molecule has 0 amide bonds. The third kappa shape index (κ3) is 2.96. The molecule has 3 aromatic rings. The van der Waals surface area contributed by atoms with Crippen molar-refractivity contribution >= 4 is 23.3 Å². The van der Waals surface area contributed by atoms with E-state index in [4.69, 9.17) is 5.73 Å². The number of aromatic nitrogens is 1. The maximum Gasteiger partial charge on any atom is 0.130 e. The maximum atomic E-state index is 6.85. The van der Waals surface area contributed by atoms with Crippen LogP contribution >= 0.6 is 0 Å². The van der Waals surface area contributed by atoms with E-state index in [1.807, 2.05) is 25.1 Å². The molecule has 1 aromatic heterocycles. The van der Waals surface area contributed by atoms with Gasteiger partial charge in [0, 0.05) is 23.0 Å². The van der Waals surface area contributed by atoms with Gasteiger partial charge in [-0.05, 0) is 72.9 Å². The van der Waals surface area contributed by atoms with E-state index in [-0.39, 0.29) is 5.92 Å². The van der Waals surface area contributed by atoms with Crippen molar-refractivity contribution in [2.24, 2.45) is 5.73 Å². The number of pyridine rings is 1. The van der Waals surface area contributed by atoms with E-state index < -0.39 is 5.66 Å². The Bertz CT molecular complexity index is 1070. The first-order chi connectivity index (χ1) is 13.6. The summed E-state index contributed by atoms with van der Waals surface area (Å²) in [5, 5.41) is 6.98. The van der Waals surface area contributed by atoms with Crippen LogP contribution in [0, 0.1) is 6.92 Å². The largest absolute Gasteiger partial charge is 0.363 e. The molecule has 0 fully saturated rings. The first kappa shape index (κ1) is 17.0. The zero-order valence-corrected chi connectivity index (χ0v) is 15.9. The van der Waals surface area contributed by atoms with E-state index in [9.17, 15) is 0 Å². The van der Waals surface area contributed by atoms with Gasteiger partial charge in [0.1, 0.15) is 11.5 Å². The van der Waals surface area contributed by atoms with Crippen molar-refractivity contribution < 1.29 is 0 Å². The highest BCUT2D eigenvalue weighted by Crippen LogP contribution is 2.43. The zero-order chi connectivity index (χ0) is 19.1. The second-order valence-electron chi connectivity index (χ2n) is 7.77. The van der Waals surface area contributed by atoms with Crippen molar-refractivity contribution in [1.29, 1.82) is 0 Å². The van der Waals surface area contributed by atoms with E-state index in [0.29, 0.717) is 0 Å². The molecule has 1 aliphatic heterocycles. The molecule has 0 saturated carbocycles. The fraction of sp³-hybridized carbons (Fsp3) is 0.208. The molecule has 2 aromatic carbocycles. The summed E-state index contributed by atoms with van der Waals surface area (Å²) in [6, 6.07) is 20.9. The summed E-state index contributed by atoms with van der Waals surface area (Å²) in [4.78, 5) is 4.51. The molecule has 2 atom stereocenters. The van der Waals surface area contributed by atoms with Crippen LogP contribution in [-0.2, 0) is 6.42 Å². The van der Waals surface area contributed by atoms with Crippen molar-refractivity contribution in [3.63, 3.8) is 0 Å². The lowest BCUT2D eigenvalue weighted by molar-refractivity contribution is 0.468. The quantitative estimate of drug-likeness (QED) is 0.612. The topological polar surface area (TPSA) is 63.0 Å². The molecule has 1 unspecified atom stereocenters. The number of aryl methyl sites for hydroxylation is 2. The van der Waals surface area contributed by atoms with Gasteiger partial charge in [-0.2, -0.15) is 0 Å². The molecular weight excluding hydrogens is 344 g/mol. The number of rotatable bonds is 3. The highest BCUT2D eigenvalue weighted by Gasteiger charge is 2.39. The second-order valence-corrected chi connectivity index (χ2v) is 7.77. The van der Waals surface area contributed by atoms with Crippen molar-refractivity contribution in [3.05, 3.63) is 89.1 Å². The van der Waals surface area contributed by atoms with Gasteiger partial charge >= 0.3 is 0 Å². The average molecular weight is 368 g/mol. The number of fused-ring (bicyclic) bond motifs is 2. The Labute approximate surface area is 165 Å². The number of hydrogen-bond acceptors (Lipinski definition) is 4. The standard InChI is InChI=1S/C24H24N4/c1-16-5-4-8-23(26-16)27-19-10-12-22-18(15-19)13-14-24(25,28-22)21-11-9-17-6-2-3-7-20(17)21/h2-8,10,12-15,21,28H,9,11,25H2,1H3,(H,26,27)/t21?,24-/m1/s1. The highest BCUT2D eigenvalue weighted by molar-refractivity contribution is 5.77. The van der Waals surface area contributed by atoms with Gasteiger partial charge in [-0.1, -0.05) is 36.4 Å². The Hall–Kier alpha value is -3.11. The van der Waals surface area contributed by atoms with E-state index in [2.05, 4.69) is 70.2 Å². The summed E-state index contributed by atoms with van der Waals surface area (Å²) >= 11 is 0. The van der Waals surface area contributed by atoms with Gasteiger partial charge in [0.15, 0.2) is 0 Å². The lowest BCUT2D eigenvalue weighted by atomic mass is 9.84. The van der Waals surface area contributed by atoms with Crippen LogP contribution < -0.4 is 16.4 Å². The van der Waals surface area contributed by atoms with Crippen LogP contribution in [0.2, 0.25) is 0 Å². The molecule has 5 rings (SSSR count). The third-order valence-corrected chi connectivity index (χ3v) is 5.81. The van der Waals surface area contributed by atoms with E-state index in [0.717, 1.165) is 41.3 Å². The van der Waals surface area contributed by atoms with E-state index >= 15 is 0 Å². The van der Waals surface area contributed by atoms with E-state index in [1.54, 1.807) is 0 Å². The summed E-state index contributed by atoms with van der Waals surface area (Å²) in [6.45, 7) is 1.99. The zero-order valence-electron chi connectivity index (χ0n) is 15.9. The smallest absolute Gasteiger partial charge is 0.130 e. The van der Waals surface area contributed by atoms with Crippen LogP contribution in [0.4, 0.5) is 17.2 Å². The van der Waals surface area contributed by atoms with Crippen molar-refractivity contribution in [2.45, 2.75) is 31.3 Å². The predicted octanol–water partition coefficient (Wildman–Crippen LogP) is 4.96. The lowest BCUT2D eigenvalue weighted by Gasteiger charge is -2.38. The summed E-state index contributed by atoms with van der Waals surface area (Å²) in [6.07, 6.45) is 6.42. The van der Waals surface area contributed by atoms with Crippen LogP contribution in [0.15, 0.2) is 66.7 Å². The predicted molar refractivity (Wildman–Crippen MR) is 116 cm³/mol. The Morgan fingerprint density at radius 3 is 2.89 bits per heavy atom. The van der Waals surface area contributed by atoms with Gasteiger partial charge < -0.3 is 16.4 Å². The van der Waals surface area contributed by atoms with Crippen LogP contribution in [0.25, 0.3) is 6.08 Å². The molecule has 140 valence electrons. The molecule has 0 radical (unpaired) electrons. The number of hydrogen-bond donors (Lipinski definition) is 3. The average Bonchev–Trinajstić information content (AvgIpc) is 3.13. The van der Waals surface area contributed by atoms with Gasteiger partial charge in [-0.15, -0.1) is 0 Å².